The molecule has 1 heterocycles. The molecule has 19 heavy (non-hydrogen) atoms. The van der Waals surface area contributed by atoms with Crippen molar-refractivity contribution in [3.05, 3.63) is 28.2 Å². The van der Waals surface area contributed by atoms with E-state index >= 15 is 0 Å². The van der Waals surface area contributed by atoms with Crippen LogP contribution >= 0.6 is 15.9 Å². The number of hydrogen-bond acceptors (Lipinski definition) is 3. The summed E-state index contributed by atoms with van der Waals surface area (Å²) in [5, 5.41) is 16.2. The predicted octanol–water partition coefficient (Wildman–Crippen LogP) is 2.41. The lowest BCUT2D eigenvalue weighted by atomic mass is 9.95. The van der Waals surface area contributed by atoms with Crippen molar-refractivity contribution in [2.75, 3.05) is 0 Å². The van der Waals surface area contributed by atoms with Crippen molar-refractivity contribution >= 4 is 21.8 Å². The molecule has 2 rings (SSSR count). The average molecular weight is 327 g/mol. The maximum Gasteiger partial charge on any atom is 0.255 e. The van der Waals surface area contributed by atoms with Crippen LogP contribution in [0.15, 0.2) is 22.7 Å². The summed E-state index contributed by atoms with van der Waals surface area (Å²) in [5.41, 5.74) is 0.314. The van der Waals surface area contributed by atoms with Gasteiger partial charge in [-0.1, -0.05) is 15.9 Å². The largest absolute Gasteiger partial charge is 0.507 e. The van der Waals surface area contributed by atoms with Gasteiger partial charge in [0.15, 0.2) is 0 Å². The topological polar surface area (TPSA) is 61.4 Å². The summed E-state index contributed by atoms with van der Waals surface area (Å²) in [7, 11) is 0. The highest BCUT2D eigenvalue weighted by Crippen LogP contribution is 2.23. The number of benzene rings is 1. The Hall–Kier alpha value is -1.07. The zero-order chi connectivity index (χ0) is 14.0. The van der Waals surface area contributed by atoms with Crippen LogP contribution in [0.3, 0.4) is 0 Å². The minimum absolute atomic E-state index is 0.00309. The number of phenolic OH excluding ortho intramolecular Hbond substituents is 1. The number of aromatic hydroxyl groups is 1. The number of amides is 1. The van der Waals surface area contributed by atoms with Gasteiger partial charge in [-0.15, -0.1) is 0 Å². The van der Waals surface area contributed by atoms with Gasteiger partial charge >= 0.3 is 0 Å². The van der Waals surface area contributed by atoms with Gasteiger partial charge in [0.05, 0.1) is 5.56 Å². The van der Waals surface area contributed by atoms with Crippen LogP contribution in [-0.2, 0) is 0 Å². The summed E-state index contributed by atoms with van der Waals surface area (Å²) in [6, 6.07) is 5.73. The van der Waals surface area contributed by atoms with E-state index < -0.39 is 0 Å². The van der Waals surface area contributed by atoms with Crippen LogP contribution in [0.5, 0.6) is 5.75 Å². The smallest absolute Gasteiger partial charge is 0.255 e. The van der Waals surface area contributed by atoms with Gasteiger partial charge in [-0.3, -0.25) is 4.79 Å². The first-order valence-electron chi connectivity index (χ1n) is 6.53. The van der Waals surface area contributed by atoms with Crippen LogP contribution in [0.4, 0.5) is 0 Å². The van der Waals surface area contributed by atoms with Gasteiger partial charge in [0.25, 0.3) is 5.91 Å². The molecule has 0 radical (unpaired) electrons. The van der Waals surface area contributed by atoms with E-state index in [9.17, 15) is 9.90 Å². The zero-order valence-electron chi connectivity index (χ0n) is 11.1. The molecule has 1 amide bonds. The molecule has 3 unspecified atom stereocenters. The van der Waals surface area contributed by atoms with E-state index in [-0.39, 0.29) is 23.7 Å². The predicted molar refractivity (Wildman–Crippen MR) is 78.4 cm³/mol. The molecule has 1 fully saturated rings. The number of piperidine rings is 1. The van der Waals surface area contributed by atoms with E-state index in [4.69, 9.17) is 0 Å². The number of hydrogen-bond donors (Lipinski definition) is 3. The standard InChI is InChI=1S/C14H19BrN2O2/c1-8-3-6-12(9(2)16-8)17-14(19)11-5-4-10(15)7-13(11)18/h4-5,7-9,12,16,18H,3,6H2,1-2H3,(H,17,19). The summed E-state index contributed by atoms with van der Waals surface area (Å²) in [6.45, 7) is 4.22. The van der Waals surface area contributed by atoms with Crippen molar-refractivity contribution in [2.45, 2.75) is 44.8 Å². The molecule has 104 valence electrons. The zero-order valence-corrected chi connectivity index (χ0v) is 12.7. The summed E-state index contributed by atoms with van der Waals surface area (Å²) in [4.78, 5) is 12.2. The van der Waals surface area contributed by atoms with E-state index in [1.807, 2.05) is 0 Å². The quantitative estimate of drug-likeness (QED) is 0.782. The molecule has 1 saturated heterocycles. The summed E-state index contributed by atoms with van der Waals surface area (Å²) in [6.07, 6.45) is 2.00. The maximum absolute atomic E-state index is 12.2. The Kier molecular flexibility index (Phi) is 4.47. The highest BCUT2D eigenvalue weighted by molar-refractivity contribution is 9.10. The van der Waals surface area contributed by atoms with Gasteiger partial charge in [0, 0.05) is 22.6 Å². The number of phenols is 1. The fraction of sp³-hybridized carbons (Fsp3) is 0.500. The SMILES string of the molecule is CC1CCC(NC(=O)c2ccc(Br)cc2O)C(C)N1. The second-order valence-electron chi connectivity index (χ2n) is 5.18. The molecule has 1 aromatic rings. The molecule has 0 aromatic heterocycles. The molecule has 4 nitrogen and oxygen atoms in total. The second kappa shape index (κ2) is 5.92. The van der Waals surface area contributed by atoms with E-state index in [0.717, 1.165) is 17.3 Å². The summed E-state index contributed by atoms with van der Waals surface area (Å²) >= 11 is 3.26. The van der Waals surface area contributed by atoms with Crippen LogP contribution in [-0.4, -0.2) is 29.1 Å². The van der Waals surface area contributed by atoms with Crippen LogP contribution in [0.2, 0.25) is 0 Å². The van der Waals surface area contributed by atoms with Crippen molar-refractivity contribution in [1.82, 2.24) is 10.6 Å². The van der Waals surface area contributed by atoms with E-state index in [1.54, 1.807) is 12.1 Å². The Morgan fingerprint density at radius 2 is 2.16 bits per heavy atom. The van der Waals surface area contributed by atoms with Crippen molar-refractivity contribution < 1.29 is 9.90 Å². The third-order valence-electron chi connectivity index (χ3n) is 3.58. The fourth-order valence-electron chi connectivity index (χ4n) is 2.47. The maximum atomic E-state index is 12.2. The number of carbonyl (C=O) groups excluding carboxylic acids is 1. The third kappa shape index (κ3) is 3.48. The van der Waals surface area contributed by atoms with Crippen LogP contribution in [0, 0.1) is 0 Å². The molecule has 1 aliphatic rings. The van der Waals surface area contributed by atoms with Crippen molar-refractivity contribution in [2.24, 2.45) is 0 Å². The van der Waals surface area contributed by atoms with Crippen molar-refractivity contribution in [1.29, 1.82) is 0 Å². The fourth-order valence-corrected chi connectivity index (χ4v) is 2.82. The first-order chi connectivity index (χ1) is 8.97. The average Bonchev–Trinajstić information content (AvgIpc) is 2.32. The second-order valence-corrected chi connectivity index (χ2v) is 6.09. The molecule has 0 spiro atoms. The van der Waals surface area contributed by atoms with Gasteiger partial charge < -0.3 is 15.7 Å². The van der Waals surface area contributed by atoms with Gasteiger partial charge in [-0.2, -0.15) is 0 Å². The number of carbonyl (C=O) groups is 1. The lowest BCUT2D eigenvalue weighted by molar-refractivity contribution is 0.0911. The molecule has 3 atom stereocenters. The van der Waals surface area contributed by atoms with E-state index in [1.165, 1.54) is 6.07 Å². The normalized spacial score (nSPS) is 27.0. The van der Waals surface area contributed by atoms with Gasteiger partial charge in [-0.25, -0.2) is 0 Å². The Labute approximate surface area is 121 Å². The molecule has 0 saturated carbocycles. The Balaban J connectivity index is 2.04. The van der Waals surface area contributed by atoms with Crippen LogP contribution in [0.25, 0.3) is 0 Å². The molecule has 0 aliphatic carbocycles. The monoisotopic (exact) mass is 326 g/mol. The molecular formula is C14H19BrN2O2. The minimum Gasteiger partial charge on any atom is -0.507 e. The van der Waals surface area contributed by atoms with Gasteiger partial charge in [0.2, 0.25) is 0 Å². The van der Waals surface area contributed by atoms with Crippen LogP contribution < -0.4 is 10.6 Å². The highest BCUT2D eigenvalue weighted by Gasteiger charge is 2.26. The van der Waals surface area contributed by atoms with Crippen molar-refractivity contribution in [3.8, 4) is 5.75 Å². The van der Waals surface area contributed by atoms with Gasteiger partial charge in [0.1, 0.15) is 5.75 Å². The van der Waals surface area contributed by atoms with Crippen LogP contribution in [0.1, 0.15) is 37.0 Å². The number of halogens is 1. The first kappa shape index (κ1) is 14.3. The third-order valence-corrected chi connectivity index (χ3v) is 4.08. The van der Waals surface area contributed by atoms with Crippen molar-refractivity contribution in [3.63, 3.8) is 0 Å². The van der Waals surface area contributed by atoms with Gasteiger partial charge in [-0.05, 0) is 44.9 Å². The molecular weight excluding hydrogens is 308 g/mol. The molecule has 5 heteroatoms. The molecule has 0 bridgehead atoms. The molecule has 1 aliphatic heterocycles. The Morgan fingerprint density at radius 1 is 1.42 bits per heavy atom. The first-order valence-corrected chi connectivity index (χ1v) is 7.32. The minimum atomic E-state index is -0.224. The lowest BCUT2D eigenvalue weighted by Crippen LogP contribution is -2.54. The van der Waals surface area contributed by atoms with E-state index in [2.05, 4.69) is 40.4 Å². The molecule has 3 N–H and O–H groups in total. The number of rotatable bonds is 2. The molecule has 1 aromatic carbocycles. The Bertz CT molecular complexity index is 479. The number of nitrogens with one attached hydrogen (secondary N) is 2. The summed E-state index contributed by atoms with van der Waals surface area (Å²) in [5.74, 6) is -0.227. The summed E-state index contributed by atoms with van der Waals surface area (Å²) < 4.78 is 0.753. The lowest BCUT2D eigenvalue weighted by Gasteiger charge is -2.34. The highest BCUT2D eigenvalue weighted by atomic mass is 79.9. The Morgan fingerprint density at radius 3 is 2.79 bits per heavy atom. The van der Waals surface area contributed by atoms with E-state index in [0.29, 0.717) is 11.6 Å².